The maximum absolute atomic E-state index is 6.04. The van der Waals surface area contributed by atoms with Crippen LogP contribution in [0.15, 0.2) is 11.4 Å². The molecule has 2 N–H and O–H groups in total. The van der Waals surface area contributed by atoms with E-state index in [-0.39, 0.29) is 6.04 Å². The van der Waals surface area contributed by atoms with Gasteiger partial charge >= 0.3 is 0 Å². The van der Waals surface area contributed by atoms with Crippen LogP contribution in [-0.2, 0) is 0 Å². The minimum Gasteiger partial charge on any atom is -0.323 e. The highest BCUT2D eigenvalue weighted by Gasteiger charge is 2.08. The normalized spacial score (nSPS) is 13.2. The quantitative estimate of drug-likeness (QED) is 0.762. The third-order valence-electron chi connectivity index (χ3n) is 2.11. The first-order chi connectivity index (χ1) is 5.75. The molecule has 0 saturated carbocycles. The van der Waals surface area contributed by atoms with E-state index in [1.807, 2.05) is 0 Å². The Kier molecular flexibility index (Phi) is 3.76. The summed E-state index contributed by atoms with van der Waals surface area (Å²) in [4.78, 5) is 1.36. The van der Waals surface area contributed by atoms with Crippen LogP contribution in [0, 0.1) is 6.92 Å². The first-order valence-corrected chi connectivity index (χ1v) is 5.43. The molecule has 0 bridgehead atoms. The van der Waals surface area contributed by atoms with E-state index in [2.05, 4.69) is 25.3 Å². The summed E-state index contributed by atoms with van der Waals surface area (Å²) in [6.45, 7) is 4.34. The average Bonchev–Trinajstić information content (AvgIpc) is 2.47. The van der Waals surface area contributed by atoms with Gasteiger partial charge in [0.15, 0.2) is 0 Å². The lowest BCUT2D eigenvalue weighted by Crippen LogP contribution is -2.09. The van der Waals surface area contributed by atoms with Gasteiger partial charge in [-0.05, 0) is 30.4 Å². The highest BCUT2D eigenvalue weighted by atomic mass is 32.1. The van der Waals surface area contributed by atoms with E-state index >= 15 is 0 Å². The van der Waals surface area contributed by atoms with Gasteiger partial charge in [-0.25, -0.2) is 0 Å². The molecule has 1 heterocycles. The zero-order chi connectivity index (χ0) is 8.97. The Morgan fingerprint density at radius 1 is 1.58 bits per heavy atom. The summed E-state index contributed by atoms with van der Waals surface area (Å²) in [5, 5.41) is 2.12. The molecular weight excluding hydrogens is 166 g/mol. The molecule has 1 rings (SSSR count). The van der Waals surface area contributed by atoms with Gasteiger partial charge < -0.3 is 5.73 Å². The molecule has 0 radical (unpaired) electrons. The zero-order valence-electron chi connectivity index (χ0n) is 7.84. The third kappa shape index (κ3) is 2.32. The SMILES string of the molecule is CCCCC(N)c1sccc1C. The summed E-state index contributed by atoms with van der Waals surface area (Å²) in [7, 11) is 0. The Balaban J connectivity index is 2.52. The number of hydrogen-bond donors (Lipinski definition) is 1. The number of aryl methyl sites for hydroxylation is 1. The van der Waals surface area contributed by atoms with Crippen LogP contribution in [-0.4, -0.2) is 0 Å². The van der Waals surface area contributed by atoms with Crippen LogP contribution in [0.3, 0.4) is 0 Å². The molecule has 0 aliphatic heterocycles. The van der Waals surface area contributed by atoms with E-state index in [1.165, 1.54) is 23.3 Å². The van der Waals surface area contributed by atoms with E-state index in [9.17, 15) is 0 Å². The number of thiophene rings is 1. The molecule has 0 spiro atoms. The average molecular weight is 183 g/mol. The molecule has 68 valence electrons. The lowest BCUT2D eigenvalue weighted by atomic mass is 10.1. The van der Waals surface area contributed by atoms with Gasteiger partial charge in [0.25, 0.3) is 0 Å². The molecule has 0 aliphatic carbocycles. The Labute approximate surface area is 78.6 Å². The van der Waals surface area contributed by atoms with Gasteiger partial charge in [0.05, 0.1) is 0 Å². The van der Waals surface area contributed by atoms with Crippen molar-refractivity contribution >= 4 is 11.3 Å². The summed E-state index contributed by atoms with van der Waals surface area (Å²) in [6.07, 6.45) is 3.59. The van der Waals surface area contributed by atoms with Crippen molar-refractivity contribution in [3.63, 3.8) is 0 Å². The van der Waals surface area contributed by atoms with Gasteiger partial charge in [-0.15, -0.1) is 11.3 Å². The topological polar surface area (TPSA) is 26.0 Å². The fourth-order valence-electron chi connectivity index (χ4n) is 1.32. The van der Waals surface area contributed by atoms with Gasteiger partial charge in [-0.3, -0.25) is 0 Å². The first-order valence-electron chi connectivity index (χ1n) is 4.55. The summed E-state index contributed by atoms with van der Waals surface area (Å²) < 4.78 is 0. The van der Waals surface area contributed by atoms with E-state index in [4.69, 9.17) is 5.73 Å². The van der Waals surface area contributed by atoms with Crippen molar-refractivity contribution in [1.82, 2.24) is 0 Å². The van der Waals surface area contributed by atoms with Crippen LogP contribution in [0.2, 0.25) is 0 Å². The van der Waals surface area contributed by atoms with Crippen LogP contribution in [0.5, 0.6) is 0 Å². The summed E-state index contributed by atoms with van der Waals surface area (Å²) in [5.41, 5.74) is 7.39. The fraction of sp³-hybridized carbons (Fsp3) is 0.600. The predicted molar refractivity (Wildman–Crippen MR) is 55.5 cm³/mol. The lowest BCUT2D eigenvalue weighted by Gasteiger charge is -2.09. The maximum Gasteiger partial charge on any atom is 0.0392 e. The molecule has 12 heavy (non-hydrogen) atoms. The highest BCUT2D eigenvalue weighted by Crippen LogP contribution is 2.25. The minimum absolute atomic E-state index is 0.268. The molecule has 1 aromatic heterocycles. The van der Waals surface area contributed by atoms with Crippen molar-refractivity contribution in [3.8, 4) is 0 Å². The summed E-state index contributed by atoms with van der Waals surface area (Å²) >= 11 is 1.78. The van der Waals surface area contributed by atoms with Crippen molar-refractivity contribution < 1.29 is 0 Å². The van der Waals surface area contributed by atoms with Crippen LogP contribution in [0.1, 0.15) is 42.7 Å². The largest absolute Gasteiger partial charge is 0.323 e. The van der Waals surface area contributed by atoms with Gasteiger partial charge in [0, 0.05) is 10.9 Å². The number of unbranched alkanes of at least 4 members (excludes halogenated alkanes) is 1. The second-order valence-electron chi connectivity index (χ2n) is 3.22. The van der Waals surface area contributed by atoms with E-state index in [1.54, 1.807) is 11.3 Å². The number of nitrogens with two attached hydrogens (primary N) is 1. The van der Waals surface area contributed by atoms with E-state index < -0.39 is 0 Å². The molecule has 1 aromatic rings. The molecular formula is C10H17NS. The molecule has 0 aliphatic rings. The maximum atomic E-state index is 6.04. The van der Waals surface area contributed by atoms with Gasteiger partial charge in [0.2, 0.25) is 0 Å². The molecule has 0 fully saturated rings. The summed E-state index contributed by atoms with van der Waals surface area (Å²) in [5.74, 6) is 0. The molecule has 0 saturated heterocycles. The molecule has 1 atom stereocenters. The van der Waals surface area contributed by atoms with Crippen LogP contribution >= 0.6 is 11.3 Å². The summed E-state index contributed by atoms with van der Waals surface area (Å²) in [6, 6.07) is 2.41. The second-order valence-corrected chi connectivity index (χ2v) is 4.16. The second kappa shape index (κ2) is 4.63. The smallest absolute Gasteiger partial charge is 0.0392 e. The molecule has 2 heteroatoms. The Hall–Kier alpha value is -0.340. The van der Waals surface area contributed by atoms with Crippen LogP contribution in [0.4, 0.5) is 0 Å². The molecule has 0 amide bonds. The van der Waals surface area contributed by atoms with Crippen molar-refractivity contribution in [2.45, 2.75) is 39.2 Å². The fourth-order valence-corrected chi connectivity index (χ4v) is 2.28. The number of rotatable bonds is 4. The molecule has 1 unspecified atom stereocenters. The molecule has 0 aromatic carbocycles. The van der Waals surface area contributed by atoms with E-state index in [0.717, 1.165) is 6.42 Å². The van der Waals surface area contributed by atoms with Crippen molar-refractivity contribution in [1.29, 1.82) is 0 Å². The monoisotopic (exact) mass is 183 g/mol. The van der Waals surface area contributed by atoms with Gasteiger partial charge in [-0.2, -0.15) is 0 Å². The van der Waals surface area contributed by atoms with Gasteiger partial charge in [-0.1, -0.05) is 19.8 Å². The molecule has 1 nitrogen and oxygen atoms in total. The Morgan fingerprint density at radius 2 is 2.33 bits per heavy atom. The van der Waals surface area contributed by atoms with Crippen LogP contribution < -0.4 is 5.73 Å². The van der Waals surface area contributed by atoms with Crippen LogP contribution in [0.25, 0.3) is 0 Å². The Morgan fingerprint density at radius 3 is 2.83 bits per heavy atom. The van der Waals surface area contributed by atoms with Crippen molar-refractivity contribution in [2.75, 3.05) is 0 Å². The predicted octanol–water partition coefficient (Wildman–Crippen LogP) is 3.25. The minimum atomic E-state index is 0.268. The first kappa shape index (κ1) is 9.75. The van der Waals surface area contributed by atoms with Gasteiger partial charge in [0.1, 0.15) is 0 Å². The third-order valence-corrected chi connectivity index (χ3v) is 3.26. The lowest BCUT2D eigenvalue weighted by molar-refractivity contribution is 0.609. The standard InChI is InChI=1S/C10H17NS/c1-3-4-5-9(11)10-8(2)6-7-12-10/h6-7,9H,3-5,11H2,1-2H3. The number of hydrogen-bond acceptors (Lipinski definition) is 2. The van der Waals surface area contributed by atoms with Crippen molar-refractivity contribution in [2.24, 2.45) is 5.73 Å². The Bertz CT molecular complexity index is 229. The van der Waals surface area contributed by atoms with E-state index in [0.29, 0.717) is 0 Å². The highest BCUT2D eigenvalue weighted by molar-refractivity contribution is 7.10. The zero-order valence-corrected chi connectivity index (χ0v) is 8.66. The van der Waals surface area contributed by atoms with Crippen molar-refractivity contribution in [3.05, 3.63) is 21.9 Å².